The van der Waals surface area contributed by atoms with Gasteiger partial charge in [0.1, 0.15) is 0 Å². The molecular weight excluding hydrogens is 186 g/mol. The minimum Gasteiger partial charge on any atom is -0.381 e. The Morgan fingerprint density at radius 3 is 2.47 bits per heavy atom. The third-order valence-electron chi connectivity index (χ3n) is 3.78. The van der Waals surface area contributed by atoms with Crippen molar-refractivity contribution in [2.75, 3.05) is 26.3 Å². The summed E-state index contributed by atoms with van der Waals surface area (Å²) in [6, 6.07) is 0. The molecule has 0 amide bonds. The van der Waals surface area contributed by atoms with Crippen LogP contribution < -0.4 is 5.32 Å². The molecule has 0 spiro atoms. The molecule has 1 rings (SSSR count). The van der Waals surface area contributed by atoms with E-state index >= 15 is 0 Å². The molecule has 1 aliphatic rings. The van der Waals surface area contributed by atoms with Gasteiger partial charge in [0, 0.05) is 19.8 Å². The Hall–Kier alpha value is -0.0800. The van der Waals surface area contributed by atoms with E-state index in [9.17, 15) is 0 Å². The highest BCUT2D eigenvalue weighted by molar-refractivity contribution is 4.85. The first kappa shape index (κ1) is 13.0. The maximum absolute atomic E-state index is 5.49. The molecule has 0 bridgehead atoms. The van der Waals surface area contributed by atoms with Gasteiger partial charge in [0.05, 0.1) is 0 Å². The SMILES string of the molecule is CCNCC1(CC(C)CC)CCOCC1. The van der Waals surface area contributed by atoms with Gasteiger partial charge in [-0.1, -0.05) is 27.2 Å². The summed E-state index contributed by atoms with van der Waals surface area (Å²) in [6.45, 7) is 11.0. The first-order chi connectivity index (χ1) is 7.22. The van der Waals surface area contributed by atoms with Crippen LogP contribution >= 0.6 is 0 Å². The summed E-state index contributed by atoms with van der Waals surface area (Å²) < 4.78 is 5.49. The predicted octanol–water partition coefficient (Wildman–Crippen LogP) is 2.83. The highest BCUT2D eigenvalue weighted by Gasteiger charge is 2.33. The fraction of sp³-hybridized carbons (Fsp3) is 1.00. The van der Waals surface area contributed by atoms with Crippen LogP contribution in [0.2, 0.25) is 0 Å². The van der Waals surface area contributed by atoms with Crippen molar-refractivity contribution in [3.8, 4) is 0 Å². The van der Waals surface area contributed by atoms with Crippen molar-refractivity contribution in [2.45, 2.75) is 46.5 Å². The fourth-order valence-electron chi connectivity index (χ4n) is 2.53. The van der Waals surface area contributed by atoms with Crippen molar-refractivity contribution in [1.82, 2.24) is 5.32 Å². The van der Waals surface area contributed by atoms with Crippen molar-refractivity contribution in [1.29, 1.82) is 0 Å². The number of ether oxygens (including phenoxy) is 1. The van der Waals surface area contributed by atoms with Gasteiger partial charge in [0.2, 0.25) is 0 Å². The molecule has 15 heavy (non-hydrogen) atoms. The predicted molar refractivity (Wildman–Crippen MR) is 65.1 cm³/mol. The van der Waals surface area contributed by atoms with E-state index in [2.05, 4.69) is 26.1 Å². The van der Waals surface area contributed by atoms with Crippen LogP contribution in [0.5, 0.6) is 0 Å². The lowest BCUT2D eigenvalue weighted by Crippen LogP contribution is -2.40. The van der Waals surface area contributed by atoms with Crippen LogP contribution in [0.4, 0.5) is 0 Å². The third-order valence-corrected chi connectivity index (χ3v) is 3.78. The number of rotatable bonds is 6. The maximum atomic E-state index is 5.49. The van der Waals surface area contributed by atoms with Crippen LogP contribution in [-0.2, 0) is 4.74 Å². The van der Waals surface area contributed by atoms with Crippen molar-refractivity contribution < 1.29 is 4.74 Å². The first-order valence-electron chi connectivity index (χ1n) is 6.51. The molecule has 1 N–H and O–H groups in total. The molecule has 0 aromatic carbocycles. The number of hydrogen-bond donors (Lipinski definition) is 1. The highest BCUT2D eigenvalue weighted by Crippen LogP contribution is 2.37. The number of nitrogens with one attached hydrogen (secondary N) is 1. The molecule has 2 heteroatoms. The van der Waals surface area contributed by atoms with Crippen LogP contribution in [0.3, 0.4) is 0 Å². The molecular formula is C13H27NO. The van der Waals surface area contributed by atoms with Gasteiger partial charge in [-0.15, -0.1) is 0 Å². The molecule has 90 valence electrons. The van der Waals surface area contributed by atoms with E-state index < -0.39 is 0 Å². The van der Waals surface area contributed by atoms with Gasteiger partial charge < -0.3 is 10.1 Å². The molecule has 0 aliphatic carbocycles. The Morgan fingerprint density at radius 1 is 1.27 bits per heavy atom. The number of hydrogen-bond acceptors (Lipinski definition) is 2. The average molecular weight is 213 g/mol. The van der Waals surface area contributed by atoms with Crippen LogP contribution in [0, 0.1) is 11.3 Å². The van der Waals surface area contributed by atoms with E-state index in [-0.39, 0.29) is 0 Å². The second-order valence-corrected chi connectivity index (χ2v) is 5.11. The van der Waals surface area contributed by atoms with Crippen molar-refractivity contribution in [2.24, 2.45) is 11.3 Å². The van der Waals surface area contributed by atoms with Crippen LogP contribution in [0.15, 0.2) is 0 Å². The highest BCUT2D eigenvalue weighted by atomic mass is 16.5. The first-order valence-corrected chi connectivity index (χ1v) is 6.51. The maximum Gasteiger partial charge on any atom is 0.0471 e. The second-order valence-electron chi connectivity index (χ2n) is 5.11. The lowest BCUT2D eigenvalue weighted by atomic mass is 9.73. The summed E-state index contributed by atoms with van der Waals surface area (Å²) >= 11 is 0. The lowest BCUT2D eigenvalue weighted by molar-refractivity contribution is 0.00324. The molecule has 1 saturated heterocycles. The van der Waals surface area contributed by atoms with E-state index in [1.54, 1.807) is 0 Å². The summed E-state index contributed by atoms with van der Waals surface area (Å²) in [5.74, 6) is 0.849. The topological polar surface area (TPSA) is 21.3 Å². The largest absolute Gasteiger partial charge is 0.381 e. The molecule has 1 atom stereocenters. The second kappa shape index (κ2) is 6.49. The van der Waals surface area contributed by atoms with Gasteiger partial charge in [0.25, 0.3) is 0 Å². The minimum absolute atomic E-state index is 0.518. The van der Waals surface area contributed by atoms with E-state index in [0.29, 0.717) is 5.41 Å². The van der Waals surface area contributed by atoms with E-state index in [1.165, 1.54) is 32.2 Å². The molecule has 1 unspecified atom stereocenters. The standard InChI is InChI=1S/C13H27NO/c1-4-12(3)10-13(11-14-5-2)6-8-15-9-7-13/h12,14H,4-11H2,1-3H3. The molecule has 1 fully saturated rings. The van der Waals surface area contributed by atoms with Crippen molar-refractivity contribution in [3.63, 3.8) is 0 Å². The van der Waals surface area contributed by atoms with Gasteiger partial charge in [-0.25, -0.2) is 0 Å². The Morgan fingerprint density at radius 2 is 1.93 bits per heavy atom. The van der Waals surface area contributed by atoms with Gasteiger partial charge in [0.15, 0.2) is 0 Å². The fourth-order valence-corrected chi connectivity index (χ4v) is 2.53. The van der Waals surface area contributed by atoms with Gasteiger partial charge >= 0.3 is 0 Å². The molecule has 0 aromatic rings. The van der Waals surface area contributed by atoms with Crippen molar-refractivity contribution in [3.05, 3.63) is 0 Å². The molecule has 2 nitrogen and oxygen atoms in total. The lowest BCUT2D eigenvalue weighted by Gasteiger charge is -2.39. The molecule has 1 heterocycles. The Kier molecular flexibility index (Phi) is 5.62. The van der Waals surface area contributed by atoms with Gasteiger partial charge in [-0.3, -0.25) is 0 Å². The summed E-state index contributed by atoms with van der Waals surface area (Å²) in [7, 11) is 0. The summed E-state index contributed by atoms with van der Waals surface area (Å²) in [5, 5.41) is 3.53. The zero-order valence-corrected chi connectivity index (χ0v) is 10.6. The summed E-state index contributed by atoms with van der Waals surface area (Å²) in [4.78, 5) is 0. The normalized spacial score (nSPS) is 22.6. The molecule has 1 aliphatic heterocycles. The average Bonchev–Trinajstić information content (AvgIpc) is 2.27. The third kappa shape index (κ3) is 4.12. The Balaban J connectivity index is 2.49. The molecule has 0 radical (unpaired) electrons. The Labute approximate surface area is 94.8 Å². The van der Waals surface area contributed by atoms with E-state index in [1.807, 2.05) is 0 Å². The molecule has 0 saturated carbocycles. The zero-order chi connectivity index (χ0) is 11.1. The smallest absolute Gasteiger partial charge is 0.0471 e. The molecule has 0 aromatic heterocycles. The van der Waals surface area contributed by atoms with Crippen LogP contribution in [0.1, 0.15) is 46.5 Å². The quantitative estimate of drug-likeness (QED) is 0.732. The summed E-state index contributed by atoms with van der Waals surface area (Å²) in [5.41, 5.74) is 0.518. The summed E-state index contributed by atoms with van der Waals surface area (Å²) in [6.07, 6.45) is 5.14. The minimum atomic E-state index is 0.518. The van der Waals surface area contributed by atoms with Gasteiger partial charge in [-0.2, -0.15) is 0 Å². The van der Waals surface area contributed by atoms with Gasteiger partial charge in [-0.05, 0) is 37.1 Å². The Bertz CT molecular complexity index is 164. The van der Waals surface area contributed by atoms with Crippen molar-refractivity contribution >= 4 is 0 Å². The monoisotopic (exact) mass is 213 g/mol. The van der Waals surface area contributed by atoms with E-state index in [0.717, 1.165) is 25.7 Å². The van der Waals surface area contributed by atoms with Crippen LogP contribution in [-0.4, -0.2) is 26.3 Å². The van der Waals surface area contributed by atoms with Crippen LogP contribution in [0.25, 0.3) is 0 Å². The van der Waals surface area contributed by atoms with E-state index in [4.69, 9.17) is 4.74 Å². The zero-order valence-electron chi connectivity index (χ0n) is 10.6.